The van der Waals surface area contributed by atoms with Crippen molar-refractivity contribution in [2.24, 2.45) is 10.9 Å². The molecule has 0 spiro atoms. The van der Waals surface area contributed by atoms with E-state index in [-0.39, 0.29) is 17.0 Å². The summed E-state index contributed by atoms with van der Waals surface area (Å²) in [5, 5.41) is 8.74. The number of hydrogen-bond acceptors (Lipinski definition) is 6. The SMILES string of the molecule is N/C(=N\OC(=O)c1cccs1)c1cnn2c(C(F)(F)F)ccnc12. The van der Waals surface area contributed by atoms with E-state index in [1.807, 2.05) is 0 Å². The monoisotopic (exact) mass is 355 g/mol. The third kappa shape index (κ3) is 2.93. The number of oxime groups is 1. The molecule has 0 atom stereocenters. The van der Waals surface area contributed by atoms with Crippen molar-refractivity contribution in [2.45, 2.75) is 6.18 Å². The molecule has 0 saturated heterocycles. The van der Waals surface area contributed by atoms with Crippen molar-refractivity contribution in [3.63, 3.8) is 0 Å². The van der Waals surface area contributed by atoms with Gasteiger partial charge in [-0.1, -0.05) is 11.2 Å². The van der Waals surface area contributed by atoms with Crippen LogP contribution in [0.2, 0.25) is 0 Å². The summed E-state index contributed by atoms with van der Waals surface area (Å²) in [5.74, 6) is -1.05. The van der Waals surface area contributed by atoms with Gasteiger partial charge in [-0.25, -0.2) is 14.3 Å². The van der Waals surface area contributed by atoms with Crippen LogP contribution in [0.5, 0.6) is 0 Å². The maximum absolute atomic E-state index is 12.9. The van der Waals surface area contributed by atoms with Gasteiger partial charge in [-0.3, -0.25) is 0 Å². The zero-order valence-electron chi connectivity index (χ0n) is 11.7. The predicted molar refractivity (Wildman–Crippen MR) is 78.4 cm³/mol. The van der Waals surface area contributed by atoms with Crippen LogP contribution < -0.4 is 5.73 Å². The van der Waals surface area contributed by atoms with Crippen molar-refractivity contribution in [1.82, 2.24) is 14.6 Å². The molecule has 0 bridgehead atoms. The lowest BCUT2D eigenvalue weighted by molar-refractivity contribution is -0.142. The molecular weight excluding hydrogens is 347 g/mol. The van der Waals surface area contributed by atoms with Gasteiger partial charge in [-0.15, -0.1) is 11.3 Å². The van der Waals surface area contributed by atoms with Crippen molar-refractivity contribution < 1.29 is 22.8 Å². The van der Waals surface area contributed by atoms with Crippen LogP contribution in [0.3, 0.4) is 0 Å². The number of nitrogens with two attached hydrogens (primary N) is 1. The van der Waals surface area contributed by atoms with Gasteiger partial charge in [0.1, 0.15) is 10.6 Å². The Morgan fingerprint density at radius 2 is 2.17 bits per heavy atom. The molecule has 0 saturated carbocycles. The molecule has 24 heavy (non-hydrogen) atoms. The molecule has 7 nitrogen and oxygen atoms in total. The first-order valence-corrected chi connectivity index (χ1v) is 7.24. The van der Waals surface area contributed by atoms with Gasteiger partial charge < -0.3 is 10.6 Å². The molecule has 3 rings (SSSR count). The highest BCUT2D eigenvalue weighted by atomic mass is 32.1. The lowest BCUT2D eigenvalue weighted by Gasteiger charge is -2.07. The summed E-state index contributed by atoms with van der Waals surface area (Å²) < 4.78 is 39.4. The smallest absolute Gasteiger partial charge is 0.380 e. The normalized spacial score (nSPS) is 12.5. The fraction of sp³-hybridized carbons (Fsp3) is 0.0769. The van der Waals surface area contributed by atoms with E-state index in [0.717, 1.165) is 29.8 Å². The molecule has 0 radical (unpaired) electrons. The zero-order valence-corrected chi connectivity index (χ0v) is 12.5. The number of aromatic nitrogens is 3. The molecule has 124 valence electrons. The van der Waals surface area contributed by atoms with Gasteiger partial charge in [0.05, 0.1) is 11.8 Å². The maximum Gasteiger partial charge on any atom is 0.433 e. The molecule has 0 aliphatic rings. The van der Waals surface area contributed by atoms with E-state index in [1.165, 1.54) is 6.07 Å². The maximum atomic E-state index is 12.9. The number of carbonyl (C=O) groups is 1. The van der Waals surface area contributed by atoms with Crippen LogP contribution in [-0.2, 0) is 11.0 Å². The summed E-state index contributed by atoms with van der Waals surface area (Å²) >= 11 is 1.15. The van der Waals surface area contributed by atoms with Gasteiger partial charge in [-0.2, -0.15) is 18.3 Å². The summed E-state index contributed by atoms with van der Waals surface area (Å²) in [4.78, 5) is 20.5. The molecule has 0 unspecified atom stereocenters. The minimum absolute atomic E-state index is 0.0140. The number of thiophene rings is 1. The van der Waals surface area contributed by atoms with Crippen LogP contribution in [0.25, 0.3) is 5.65 Å². The Bertz CT molecular complexity index is 917. The van der Waals surface area contributed by atoms with Crippen LogP contribution >= 0.6 is 11.3 Å². The van der Waals surface area contributed by atoms with Gasteiger partial charge in [0.2, 0.25) is 0 Å². The molecule has 0 aliphatic heterocycles. The van der Waals surface area contributed by atoms with Crippen LogP contribution in [0.15, 0.2) is 41.1 Å². The molecule has 2 N–H and O–H groups in total. The van der Waals surface area contributed by atoms with Crippen LogP contribution in [0.4, 0.5) is 13.2 Å². The standard InChI is InChI=1S/C13H8F3N5O2S/c14-13(15,16)9-3-4-18-11-7(6-19-21(9)11)10(17)20-23-12(22)8-2-1-5-24-8/h1-6H,(H2,17,20). The molecule has 0 fully saturated rings. The van der Waals surface area contributed by atoms with E-state index in [9.17, 15) is 18.0 Å². The number of fused-ring (bicyclic) bond motifs is 1. The van der Waals surface area contributed by atoms with Gasteiger partial charge >= 0.3 is 12.1 Å². The van der Waals surface area contributed by atoms with Gasteiger partial charge in [0.15, 0.2) is 11.5 Å². The molecule has 3 aromatic heterocycles. The fourth-order valence-corrected chi connectivity index (χ4v) is 2.46. The molecule has 11 heteroatoms. The molecule has 3 aromatic rings. The number of nitrogens with zero attached hydrogens (tertiary/aromatic N) is 4. The predicted octanol–water partition coefficient (Wildman–Crippen LogP) is 2.29. The van der Waals surface area contributed by atoms with Crippen LogP contribution in [-0.4, -0.2) is 26.4 Å². The summed E-state index contributed by atoms with van der Waals surface area (Å²) in [6.45, 7) is 0. The first-order valence-electron chi connectivity index (χ1n) is 6.36. The Morgan fingerprint density at radius 3 is 2.83 bits per heavy atom. The number of hydrogen-bond donors (Lipinski definition) is 1. The summed E-state index contributed by atoms with van der Waals surface area (Å²) in [5.41, 5.74) is 4.52. The first kappa shape index (κ1) is 15.9. The van der Waals surface area contributed by atoms with Crippen molar-refractivity contribution in [1.29, 1.82) is 0 Å². The Morgan fingerprint density at radius 1 is 1.38 bits per heavy atom. The highest BCUT2D eigenvalue weighted by Crippen LogP contribution is 2.29. The lowest BCUT2D eigenvalue weighted by atomic mass is 10.3. The summed E-state index contributed by atoms with van der Waals surface area (Å²) in [6.07, 6.45) is -2.56. The molecular formula is C13H8F3N5O2S. The van der Waals surface area contributed by atoms with E-state index >= 15 is 0 Å². The average Bonchev–Trinajstić information content (AvgIpc) is 3.20. The Kier molecular flexibility index (Phi) is 3.93. The minimum atomic E-state index is -4.61. The highest BCUT2D eigenvalue weighted by Gasteiger charge is 2.34. The Hall–Kier alpha value is -2.95. The first-order chi connectivity index (χ1) is 11.4. The fourth-order valence-electron chi connectivity index (χ4n) is 1.87. The largest absolute Gasteiger partial charge is 0.433 e. The number of carbonyl (C=O) groups excluding carboxylic acids is 1. The van der Waals surface area contributed by atoms with Crippen molar-refractivity contribution in [2.75, 3.05) is 0 Å². The van der Waals surface area contributed by atoms with Gasteiger partial charge in [-0.05, 0) is 17.5 Å². The van der Waals surface area contributed by atoms with Gasteiger partial charge in [0.25, 0.3) is 0 Å². The Labute approximate surface area is 136 Å². The van der Waals surface area contributed by atoms with E-state index in [1.54, 1.807) is 11.4 Å². The highest BCUT2D eigenvalue weighted by molar-refractivity contribution is 7.11. The third-order valence-electron chi connectivity index (χ3n) is 2.92. The van der Waals surface area contributed by atoms with E-state index in [0.29, 0.717) is 9.39 Å². The van der Waals surface area contributed by atoms with E-state index < -0.39 is 17.8 Å². The Balaban J connectivity index is 1.92. The number of halogens is 3. The van der Waals surface area contributed by atoms with Crippen molar-refractivity contribution in [3.05, 3.63) is 52.1 Å². The second-order valence-electron chi connectivity index (χ2n) is 4.45. The van der Waals surface area contributed by atoms with E-state index in [4.69, 9.17) is 5.73 Å². The second kappa shape index (κ2) is 5.92. The lowest BCUT2D eigenvalue weighted by Crippen LogP contribution is -2.16. The van der Waals surface area contributed by atoms with Gasteiger partial charge in [0, 0.05) is 6.20 Å². The number of amidine groups is 1. The van der Waals surface area contributed by atoms with Crippen molar-refractivity contribution in [3.8, 4) is 0 Å². The molecule has 0 amide bonds. The number of alkyl halides is 3. The summed E-state index contributed by atoms with van der Waals surface area (Å²) in [7, 11) is 0. The molecule has 0 aromatic carbocycles. The summed E-state index contributed by atoms with van der Waals surface area (Å²) in [6, 6.07) is 3.97. The second-order valence-corrected chi connectivity index (χ2v) is 5.40. The number of rotatable bonds is 3. The zero-order chi connectivity index (χ0) is 17.3. The topological polar surface area (TPSA) is 94.9 Å². The van der Waals surface area contributed by atoms with E-state index in [2.05, 4.69) is 20.1 Å². The quantitative estimate of drug-likeness (QED) is 0.337. The van der Waals surface area contributed by atoms with Crippen molar-refractivity contribution >= 4 is 28.8 Å². The third-order valence-corrected chi connectivity index (χ3v) is 3.77. The van der Waals surface area contributed by atoms with Crippen LogP contribution in [0, 0.1) is 0 Å². The minimum Gasteiger partial charge on any atom is -0.380 e. The molecule has 3 heterocycles. The van der Waals surface area contributed by atoms with Crippen LogP contribution in [0.1, 0.15) is 20.9 Å². The molecule has 0 aliphatic carbocycles. The average molecular weight is 355 g/mol.